The molecular formula is C20H16N4O4S. The van der Waals surface area contributed by atoms with E-state index in [2.05, 4.69) is 15.8 Å². The molecule has 0 fully saturated rings. The molecule has 0 aliphatic heterocycles. The van der Waals surface area contributed by atoms with Gasteiger partial charge in [0, 0.05) is 17.7 Å². The van der Waals surface area contributed by atoms with E-state index >= 15 is 0 Å². The Kier molecular flexibility index (Phi) is 6.10. The van der Waals surface area contributed by atoms with Gasteiger partial charge in [-0.25, -0.2) is 5.43 Å². The van der Waals surface area contributed by atoms with Crippen LogP contribution >= 0.6 is 11.3 Å². The van der Waals surface area contributed by atoms with Gasteiger partial charge in [0.15, 0.2) is 0 Å². The molecule has 9 heteroatoms. The summed E-state index contributed by atoms with van der Waals surface area (Å²) in [5.41, 5.74) is 3.87. The summed E-state index contributed by atoms with van der Waals surface area (Å²) in [7, 11) is 0. The number of carbonyl (C=O) groups excluding carboxylic acids is 2. The smallest absolute Gasteiger partial charge is 0.273 e. The molecule has 1 heterocycles. The maximum Gasteiger partial charge on any atom is 0.273 e. The van der Waals surface area contributed by atoms with Crippen molar-refractivity contribution in [2.45, 2.75) is 6.92 Å². The zero-order valence-corrected chi connectivity index (χ0v) is 16.1. The lowest BCUT2D eigenvalue weighted by atomic mass is 10.1. The van der Waals surface area contributed by atoms with Crippen molar-refractivity contribution >= 4 is 40.2 Å². The third-order valence-corrected chi connectivity index (χ3v) is 4.83. The minimum Gasteiger partial charge on any atom is -0.321 e. The molecule has 8 nitrogen and oxygen atoms in total. The molecule has 1 aromatic heterocycles. The second-order valence-corrected chi connectivity index (χ2v) is 6.87. The Bertz CT molecular complexity index is 1090. The number of nitro benzene ring substituents is 1. The summed E-state index contributed by atoms with van der Waals surface area (Å²) >= 11 is 1.30. The predicted octanol–water partition coefficient (Wildman–Crippen LogP) is 4.06. The number of hydrogen-bond donors (Lipinski definition) is 2. The van der Waals surface area contributed by atoms with Crippen LogP contribution in [0.2, 0.25) is 0 Å². The van der Waals surface area contributed by atoms with E-state index in [-0.39, 0.29) is 17.2 Å². The van der Waals surface area contributed by atoms with E-state index in [0.29, 0.717) is 21.8 Å². The van der Waals surface area contributed by atoms with Crippen molar-refractivity contribution in [3.63, 3.8) is 0 Å². The van der Waals surface area contributed by atoms with Crippen LogP contribution in [0.1, 0.15) is 32.5 Å². The number of amides is 2. The largest absolute Gasteiger partial charge is 0.321 e. The molecular weight excluding hydrogens is 392 g/mol. The highest BCUT2D eigenvalue weighted by Crippen LogP contribution is 2.18. The summed E-state index contributed by atoms with van der Waals surface area (Å²) < 4.78 is 0. The van der Waals surface area contributed by atoms with E-state index < -0.39 is 10.8 Å². The van der Waals surface area contributed by atoms with Crippen LogP contribution in [-0.4, -0.2) is 22.4 Å². The summed E-state index contributed by atoms with van der Waals surface area (Å²) in [6.07, 6.45) is 0. The Hall–Kier alpha value is -3.85. The molecule has 0 saturated heterocycles. The number of anilines is 1. The fourth-order valence-electron chi connectivity index (χ4n) is 2.49. The van der Waals surface area contributed by atoms with Gasteiger partial charge in [-0.1, -0.05) is 30.3 Å². The molecule has 0 saturated carbocycles. The lowest BCUT2D eigenvalue weighted by Crippen LogP contribution is -2.22. The van der Waals surface area contributed by atoms with Crippen LogP contribution in [0, 0.1) is 10.1 Å². The van der Waals surface area contributed by atoms with Crippen LogP contribution in [0.15, 0.2) is 71.1 Å². The number of hydrogen-bond acceptors (Lipinski definition) is 6. The van der Waals surface area contributed by atoms with Crippen LogP contribution in [0.25, 0.3) is 0 Å². The summed E-state index contributed by atoms with van der Waals surface area (Å²) in [6, 6.07) is 16.0. The average molecular weight is 408 g/mol. The van der Waals surface area contributed by atoms with E-state index in [1.165, 1.54) is 23.5 Å². The van der Waals surface area contributed by atoms with E-state index in [4.69, 9.17) is 0 Å². The number of nitrogens with one attached hydrogen (secondary N) is 2. The first-order valence-corrected chi connectivity index (χ1v) is 9.37. The number of benzene rings is 2. The van der Waals surface area contributed by atoms with Gasteiger partial charge in [0.05, 0.1) is 26.8 Å². The van der Waals surface area contributed by atoms with Crippen LogP contribution in [0.4, 0.5) is 11.4 Å². The number of nitrogens with zero attached hydrogens (tertiary/aromatic N) is 2. The average Bonchev–Trinajstić information content (AvgIpc) is 3.27. The first-order valence-electron chi connectivity index (χ1n) is 8.49. The first-order chi connectivity index (χ1) is 14.0. The van der Waals surface area contributed by atoms with Crippen molar-refractivity contribution in [1.29, 1.82) is 0 Å². The highest BCUT2D eigenvalue weighted by molar-refractivity contribution is 7.12. The quantitative estimate of drug-likeness (QED) is 0.364. The highest BCUT2D eigenvalue weighted by Gasteiger charge is 2.15. The Morgan fingerprint density at radius 1 is 1.03 bits per heavy atom. The van der Waals surface area contributed by atoms with Crippen LogP contribution in [0.3, 0.4) is 0 Å². The number of rotatable bonds is 6. The van der Waals surface area contributed by atoms with Gasteiger partial charge in [-0.2, -0.15) is 5.10 Å². The monoisotopic (exact) mass is 408 g/mol. The first kappa shape index (κ1) is 19.9. The topological polar surface area (TPSA) is 114 Å². The van der Waals surface area contributed by atoms with Gasteiger partial charge >= 0.3 is 0 Å². The fourth-order valence-corrected chi connectivity index (χ4v) is 3.10. The minimum absolute atomic E-state index is 0.0648. The third kappa shape index (κ3) is 4.90. The molecule has 3 aromatic rings. The van der Waals surface area contributed by atoms with Gasteiger partial charge in [0.25, 0.3) is 17.5 Å². The molecule has 2 aromatic carbocycles. The van der Waals surface area contributed by atoms with Crippen molar-refractivity contribution in [3.8, 4) is 0 Å². The fraction of sp³-hybridized carbons (Fsp3) is 0.0500. The van der Waals surface area contributed by atoms with Crippen LogP contribution < -0.4 is 10.7 Å². The lowest BCUT2D eigenvalue weighted by molar-refractivity contribution is -0.384. The second kappa shape index (κ2) is 8.89. The Morgan fingerprint density at radius 2 is 1.83 bits per heavy atom. The maximum atomic E-state index is 12.6. The van der Waals surface area contributed by atoms with Gasteiger partial charge in [-0.3, -0.25) is 19.7 Å². The molecule has 0 spiro atoms. The van der Waals surface area contributed by atoms with Gasteiger partial charge in [-0.15, -0.1) is 11.3 Å². The predicted molar refractivity (Wildman–Crippen MR) is 111 cm³/mol. The Balaban J connectivity index is 1.76. The lowest BCUT2D eigenvalue weighted by Gasteiger charge is -2.09. The van der Waals surface area contributed by atoms with Crippen LogP contribution in [-0.2, 0) is 0 Å². The van der Waals surface area contributed by atoms with Crippen molar-refractivity contribution in [3.05, 3.63) is 92.2 Å². The highest BCUT2D eigenvalue weighted by atomic mass is 32.1. The molecule has 2 N–H and O–H groups in total. The van der Waals surface area contributed by atoms with Crippen molar-refractivity contribution in [2.24, 2.45) is 5.10 Å². The number of para-hydroxylation sites is 1. The summed E-state index contributed by atoms with van der Waals surface area (Å²) in [6.45, 7) is 1.63. The Labute approximate surface area is 170 Å². The standard InChI is InChI=1S/C20H16N4O4S/c1-13(14-6-4-7-15(12-14)24(27)28)22-23-19(25)16-8-2-3-9-17(16)21-20(26)18-10-5-11-29-18/h2-12H,1H3,(H,21,26)(H,23,25)/b22-13-. The number of non-ortho nitro benzene ring substituents is 1. The van der Waals surface area contributed by atoms with Crippen molar-refractivity contribution in [1.82, 2.24) is 5.43 Å². The van der Waals surface area contributed by atoms with Gasteiger partial charge in [-0.05, 0) is 30.5 Å². The van der Waals surface area contributed by atoms with Gasteiger partial charge < -0.3 is 5.32 Å². The zero-order valence-electron chi connectivity index (χ0n) is 15.3. The number of nitro groups is 1. The normalized spacial score (nSPS) is 11.0. The molecule has 0 aliphatic rings. The summed E-state index contributed by atoms with van der Waals surface area (Å²) in [5, 5.41) is 19.4. The number of carbonyl (C=O) groups is 2. The molecule has 0 bridgehead atoms. The molecule has 3 rings (SSSR count). The maximum absolute atomic E-state index is 12.6. The Morgan fingerprint density at radius 3 is 2.55 bits per heavy atom. The summed E-state index contributed by atoms with van der Waals surface area (Å²) in [5.74, 6) is -0.826. The molecule has 146 valence electrons. The molecule has 29 heavy (non-hydrogen) atoms. The molecule has 0 unspecified atom stereocenters. The van der Waals surface area contributed by atoms with E-state index in [1.54, 1.807) is 60.8 Å². The molecule has 0 aliphatic carbocycles. The summed E-state index contributed by atoms with van der Waals surface area (Å²) in [4.78, 5) is 35.8. The SMILES string of the molecule is C/C(=N/NC(=O)c1ccccc1NC(=O)c1cccs1)c1cccc([N+](=O)[O-])c1. The molecule has 2 amide bonds. The number of thiophene rings is 1. The van der Waals surface area contributed by atoms with Gasteiger partial charge in [0.2, 0.25) is 0 Å². The number of hydrazone groups is 1. The van der Waals surface area contributed by atoms with Gasteiger partial charge in [0.1, 0.15) is 0 Å². The van der Waals surface area contributed by atoms with Crippen molar-refractivity contribution < 1.29 is 14.5 Å². The second-order valence-electron chi connectivity index (χ2n) is 5.92. The van der Waals surface area contributed by atoms with E-state index in [1.807, 2.05) is 0 Å². The minimum atomic E-state index is -0.517. The molecule has 0 radical (unpaired) electrons. The zero-order chi connectivity index (χ0) is 20.8. The van der Waals surface area contributed by atoms with E-state index in [9.17, 15) is 19.7 Å². The van der Waals surface area contributed by atoms with Crippen molar-refractivity contribution in [2.75, 3.05) is 5.32 Å². The third-order valence-electron chi connectivity index (χ3n) is 3.96. The van der Waals surface area contributed by atoms with E-state index in [0.717, 1.165) is 0 Å². The van der Waals surface area contributed by atoms with Crippen LogP contribution in [0.5, 0.6) is 0 Å². The molecule has 0 atom stereocenters.